The van der Waals surface area contributed by atoms with E-state index in [0.717, 1.165) is 51.4 Å². The molecule has 50 heavy (non-hydrogen) atoms. The van der Waals surface area contributed by atoms with Crippen molar-refractivity contribution >= 4 is 25.2 Å². The molecule has 0 atom stereocenters. The van der Waals surface area contributed by atoms with E-state index in [-0.39, 0.29) is 10.8 Å². The Kier molecular flexibility index (Phi) is 13.9. The minimum Gasteiger partial charge on any atom is -0.423 e. The monoisotopic (exact) mass is 678 g/mol. The lowest BCUT2D eigenvalue weighted by Gasteiger charge is -2.35. The molecule has 4 N–H and O–H groups in total. The fraction of sp³-hybridized carbons (Fsp3) is 0.591. The van der Waals surface area contributed by atoms with E-state index in [1.807, 2.05) is 12.1 Å². The molecule has 4 nitrogen and oxygen atoms in total. The third kappa shape index (κ3) is 7.85. The number of hydrogen-bond donors (Lipinski definition) is 4. The van der Waals surface area contributed by atoms with Gasteiger partial charge in [0.1, 0.15) is 0 Å². The van der Waals surface area contributed by atoms with Crippen molar-refractivity contribution in [2.24, 2.45) is 0 Å². The SMILES string of the molecule is CCCCCCC1(CCCCCC)c2cc(B(O)O)ccc2-c2cc3c(cc21)-c1ccc(B(O)O)cc1C3(CCCCCC)CCCCCC. The molecule has 2 aliphatic rings. The van der Waals surface area contributed by atoms with Gasteiger partial charge < -0.3 is 20.1 Å². The molecule has 0 bridgehead atoms. The van der Waals surface area contributed by atoms with E-state index in [2.05, 4.69) is 64.1 Å². The summed E-state index contributed by atoms with van der Waals surface area (Å²) in [6, 6.07) is 17.5. The molecule has 0 spiro atoms. The number of unbranched alkanes of at least 4 members (excludes halogenated alkanes) is 12. The average Bonchev–Trinajstić information content (AvgIpc) is 3.53. The predicted molar refractivity (Wildman–Crippen MR) is 214 cm³/mol. The zero-order valence-corrected chi connectivity index (χ0v) is 31.7. The summed E-state index contributed by atoms with van der Waals surface area (Å²) in [4.78, 5) is 0. The molecule has 0 aromatic heterocycles. The topological polar surface area (TPSA) is 80.9 Å². The van der Waals surface area contributed by atoms with Gasteiger partial charge in [-0.05, 0) is 93.2 Å². The van der Waals surface area contributed by atoms with Crippen LogP contribution in [0.2, 0.25) is 0 Å². The molecule has 5 rings (SSSR count). The molecule has 0 aliphatic heterocycles. The van der Waals surface area contributed by atoms with Gasteiger partial charge in [-0.3, -0.25) is 0 Å². The van der Waals surface area contributed by atoms with Crippen molar-refractivity contribution in [1.82, 2.24) is 0 Å². The minimum absolute atomic E-state index is 0.180. The lowest BCUT2D eigenvalue weighted by atomic mass is 9.67. The van der Waals surface area contributed by atoms with Gasteiger partial charge in [0.05, 0.1) is 0 Å². The van der Waals surface area contributed by atoms with Gasteiger partial charge >= 0.3 is 14.2 Å². The summed E-state index contributed by atoms with van der Waals surface area (Å²) in [6.07, 6.45) is 23.4. The fourth-order valence-electron chi connectivity index (χ4n) is 9.58. The predicted octanol–water partition coefficient (Wildman–Crippen LogP) is 9.46. The van der Waals surface area contributed by atoms with Crippen molar-refractivity contribution in [3.05, 3.63) is 70.8 Å². The summed E-state index contributed by atoms with van der Waals surface area (Å²) in [5, 5.41) is 41.5. The Hall–Kier alpha value is -2.37. The molecule has 0 unspecified atom stereocenters. The average molecular weight is 679 g/mol. The van der Waals surface area contributed by atoms with Crippen molar-refractivity contribution in [2.45, 2.75) is 167 Å². The second kappa shape index (κ2) is 17.9. The highest BCUT2D eigenvalue weighted by Gasteiger charge is 2.48. The standard InChI is InChI=1S/C44H64B2O4/c1-5-9-13-17-25-43(26-18-14-10-6-2)39-29-33(45(47)48)21-23-35(39)37-32-42-38(31-41(37)43)36-24-22-34(46(49)50)30-40(36)44(42,27-19-15-11-7-3)28-20-16-12-8-4/h21-24,29-32,47-50H,5-20,25-28H2,1-4H3. The molecule has 0 heterocycles. The maximum Gasteiger partial charge on any atom is 0.488 e. The van der Waals surface area contributed by atoms with Crippen molar-refractivity contribution in [2.75, 3.05) is 0 Å². The largest absolute Gasteiger partial charge is 0.488 e. The number of benzene rings is 3. The Morgan fingerprint density at radius 3 is 0.960 bits per heavy atom. The minimum atomic E-state index is -1.49. The van der Waals surface area contributed by atoms with Gasteiger partial charge in [0.15, 0.2) is 0 Å². The van der Waals surface area contributed by atoms with Gasteiger partial charge in [0.2, 0.25) is 0 Å². The second-order valence-electron chi connectivity index (χ2n) is 15.7. The summed E-state index contributed by atoms with van der Waals surface area (Å²) < 4.78 is 0. The van der Waals surface area contributed by atoms with Gasteiger partial charge in [-0.15, -0.1) is 0 Å². The molecule has 3 aromatic carbocycles. The Labute approximate surface area is 304 Å². The van der Waals surface area contributed by atoms with Gasteiger partial charge in [-0.25, -0.2) is 0 Å². The Balaban J connectivity index is 1.75. The van der Waals surface area contributed by atoms with Crippen LogP contribution < -0.4 is 10.9 Å². The first-order valence-corrected chi connectivity index (χ1v) is 20.5. The third-order valence-electron chi connectivity index (χ3n) is 12.3. The molecule has 0 radical (unpaired) electrons. The quantitative estimate of drug-likeness (QED) is 0.0631. The molecule has 0 fully saturated rings. The molecule has 6 heteroatoms. The van der Waals surface area contributed by atoms with Gasteiger partial charge in [-0.2, -0.15) is 0 Å². The Bertz CT molecular complexity index is 1410. The van der Waals surface area contributed by atoms with Crippen LogP contribution in [0.4, 0.5) is 0 Å². The van der Waals surface area contributed by atoms with E-state index in [0.29, 0.717) is 10.9 Å². The summed E-state index contributed by atoms with van der Waals surface area (Å²) >= 11 is 0. The van der Waals surface area contributed by atoms with E-state index in [1.54, 1.807) is 0 Å². The molecule has 270 valence electrons. The molecule has 3 aromatic rings. The normalized spacial score (nSPS) is 14.7. The maximum absolute atomic E-state index is 10.4. The van der Waals surface area contributed by atoms with Gasteiger partial charge in [0, 0.05) is 10.8 Å². The highest BCUT2D eigenvalue weighted by molar-refractivity contribution is 6.59. The van der Waals surface area contributed by atoms with Crippen LogP contribution in [0.3, 0.4) is 0 Å². The highest BCUT2D eigenvalue weighted by Crippen LogP contribution is 2.60. The summed E-state index contributed by atoms with van der Waals surface area (Å²) in [5.41, 5.74) is 11.4. The third-order valence-corrected chi connectivity index (χ3v) is 12.3. The fourth-order valence-corrected chi connectivity index (χ4v) is 9.58. The van der Waals surface area contributed by atoms with Crippen LogP contribution >= 0.6 is 0 Å². The summed E-state index contributed by atoms with van der Waals surface area (Å²) in [6.45, 7) is 9.09. The Morgan fingerprint density at radius 1 is 0.380 bits per heavy atom. The highest BCUT2D eigenvalue weighted by atomic mass is 16.4. The van der Waals surface area contributed by atoms with E-state index >= 15 is 0 Å². The first kappa shape index (κ1) is 38.9. The van der Waals surface area contributed by atoms with Crippen LogP contribution in [0.1, 0.15) is 178 Å². The zero-order chi connectivity index (χ0) is 35.7. The number of rotatable bonds is 22. The lowest BCUT2D eigenvalue weighted by molar-refractivity contribution is 0.397. The maximum atomic E-state index is 10.4. The molecule has 2 aliphatic carbocycles. The van der Waals surface area contributed by atoms with Crippen molar-refractivity contribution in [3.63, 3.8) is 0 Å². The second-order valence-corrected chi connectivity index (χ2v) is 15.7. The van der Waals surface area contributed by atoms with E-state index in [4.69, 9.17) is 0 Å². The Morgan fingerprint density at radius 2 is 0.680 bits per heavy atom. The molecule has 0 saturated heterocycles. The number of fused-ring (bicyclic) bond motifs is 6. The van der Waals surface area contributed by atoms with Crippen molar-refractivity contribution < 1.29 is 20.1 Å². The zero-order valence-electron chi connectivity index (χ0n) is 31.7. The lowest BCUT2D eigenvalue weighted by Crippen LogP contribution is -2.33. The molecule has 0 saturated carbocycles. The van der Waals surface area contributed by atoms with Crippen molar-refractivity contribution in [3.8, 4) is 22.3 Å². The smallest absolute Gasteiger partial charge is 0.423 e. The van der Waals surface area contributed by atoms with Crippen molar-refractivity contribution in [1.29, 1.82) is 0 Å². The molecular formula is C44H64B2O4. The van der Waals surface area contributed by atoms with Crippen LogP contribution in [0, 0.1) is 0 Å². The summed E-state index contributed by atoms with van der Waals surface area (Å²) in [5.74, 6) is 0. The van der Waals surface area contributed by atoms with Crippen LogP contribution in [-0.2, 0) is 10.8 Å². The van der Waals surface area contributed by atoms with Crippen LogP contribution in [0.5, 0.6) is 0 Å². The molecule has 0 amide bonds. The van der Waals surface area contributed by atoms with E-state index in [1.165, 1.54) is 122 Å². The first-order chi connectivity index (χ1) is 24.3. The van der Waals surface area contributed by atoms with Crippen LogP contribution in [0.25, 0.3) is 22.3 Å². The van der Waals surface area contributed by atoms with Gasteiger partial charge in [0.25, 0.3) is 0 Å². The van der Waals surface area contributed by atoms with Crippen LogP contribution in [0.15, 0.2) is 48.5 Å². The van der Waals surface area contributed by atoms with Gasteiger partial charge in [-0.1, -0.05) is 167 Å². The first-order valence-electron chi connectivity index (χ1n) is 20.5. The molecular weight excluding hydrogens is 614 g/mol. The van der Waals surface area contributed by atoms with E-state index in [9.17, 15) is 20.1 Å². The van der Waals surface area contributed by atoms with E-state index < -0.39 is 14.2 Å². The van der Waals surface area contributed by atoms with Crippen LogP contribution in [-0.4, -0.2) is 34.3 Å². The summed E-state index contributed by atoms with van der Waals surface area (Å²) in [7, 11) is -2.98. The number of hydrogen-bond acceptors (Lipinski definition) is 4.